The van der Waals surface area contributed by atoms with Crippen LogP contribution in [-0.2, 0) is 24.8 Å². The summed E-state index contributed by atoms with van der Waals surface area (Å²) in [6.45, 7) is 2.95. The number of morpholine rings is 1. The third kappa shape index (κ3) is 4.96. The molecule has 2 aromatic rings. The monoisotopic (exact) mass is 467 g/mol. The van der Waals surface area contributed by atoms with Crippen LogP contribution >= 0.6 is 0 Å². The number of carbonyl (C=O) groups excluding carboxylic acids is 1. The van der Waals surface area contributed by atoms with Crippen LogP contribution in [0.3, 0.4) is 0 Å². The van der Waals surface area contributed by atoms with Crippen molar-refractivity contribution >= 4 is 31.6 Å². The maximum Gasteiger partial charge on any atom is 0.255 e. The van der Waals surface area contributed by atoms with Crippen molar-refractivity contribution in [3.05, 3.63) is 53.6 Å². The Morgan fingerprint density at radius 3 is 2.19 bits per heavy atom. The van der Waals surface area contributed by atoms with Gasteiger partial charge in [-0.15, -0.1) is 0 Å². The first kappa shape index (κ1) is 23.4. The van der Waals surface area contributed by atoms with Gasteiger partial charge in [-0.2, -0.15) is 4.31 Å². The van der Waals surface area contributed by atoms with Gasteiger partial charge in [0, 0.05) is 38.4 Å². The fraction of sp³-hybridized carbons (Fsp3) is 0.350. The number of hydrogen-bond donors (Lipinski definition) is 1. The first-order chi connectivity index (χ1) is 14.5. The lowest BCUT2D eigenvalue weighted by molar-refractivity contribution is 0.0730. The molecule has 0 radical (unpaired) electrons. The summed E-state index contributed by atoms with van der Waals surface area (Å²) in [7, 11) is -4.44. The van der Waals surface area contributed by atoms with Gasteiger partial charge in [0.25, 0.3) is 5.91 Å². The Bertz CT molecular complexity index is 1170. The summed E-state index contributed by atoms with van der Waals surface area (Å²) in [6, 6.07) is 10.2. The molecule has 11 heteroatoms. The molecule has 0 aromatic heterocycles. The summed E-state index contributed by atoms with van der Waals surface area (Å²) in [5.74, 6) is -0.479. The standard InChI is InChI=1S/C20H25N3O6S2/c1-15-4-7-17(14-19(15)31(27,28)22(2)3)21-20(24)16-5-8-18(9-6-16)30(25,26)23-10-12-29-13-11-23/h4-9,14H,10-13H2,1-3H3,(H,21,24). The van der Waals surface area contributed by atoms with E-state index in [1.54, 1.807) is 19.1 Å². The Morgan fingerprint density at radius 1 is 1.00 bits per heavy atom. The minimum Gasteiger partial charge on any atom is -0.379 e. The molecule has 1 heterocycles. The molecule has 0 saturated carbocycles. The van der Waals surface area contributed by atoms with Gasteiger partial charge in [-0.05, 0) is 48.9 Å². The smallest absolute Gasteiger partial charge is 0.255 e. The van der Waals surface area contributed by atoms with Crippen molar-refractivity contribution in [1.82, 2.24) is 8.61 Å². The molecule has 0 bridgehead atoms. The van der Waals surface area contributed by atoms with E-state index in [2.05, 4.69) is 5.32 Å². The number of carbonyl (C=O) groups is 1. The lowest BCUT2D eigenvalue weighted by Gasteiger charge is -2.26. The van der Waals surface area contributed by atoms with Crippen LogP contribution in [0.5, 0.6) is 0 Å². The fourth-order valence-electron chi connectivity index (χ4n) is 3.07. The van der Waals surface area contributed by atoms with Crippen molar-refractivity contribution in [1.29, 1.82) is 0 Å². The molecule has 1 fully saturated rings. The maximum absolute atomic E-state index is 12.7. The van der Waals surface area contributed by atoms with Crippen molar-refractivity contribution in [2.75, 3.05) is 45.7 Å². The highest BCUT2D eigenvalue weighted by Gasteiger charge is 2.26. The summed E-state index contributed by atoms with van der Waals surface area (Å²) in [5.41, 5.74) is 1.13. The second-order valence-corrected chi connectivity index (χ2v) is 11.3. The van der Waals surface area contributed by atoms with Crippen molar-refractivity contribution in [2.24, 2.45) is 0 Å². The van der Waals surface area contributed by atoms with E-state index < -0.39 is 26.0 Å². The Labute approximate surface area is 182 Å². The molecule has 0 atom stereocenters. The summed E-state index contributed by atoms with van der Waals surface area (Å²) in [4.78, 5) is 12.8. The SMILES string of the molecule is Cc1ccc(NC(=O)c2ccc(S(=O)(=O)N3CCOCC3)cc2)cc1S(=O)(=O)N(C)C. The number of hydrogen-bond acceptors (Lipinski definition) is 6. The number of benzene rings is 2. The van der Waals surface area contributed by atoms with Crippen molar-refractivity contribution in [3.8, 4) is 0 Å². The highest BCUT2D eigenvalue weighted by molar-refractivity contribution is 7.89. The van der Waals surface area contributed by atoms with Gasteiger partial charge >= 0.3 is 0 Å². The zero-order valence-corrected chi connectivity index (χ0v) is 19.2. The maximum atomic E-state index is 12.7. The number of ether oxygens (including phenoxy) is 1. The van der Waals surface area contributed by atoms with E-state index in [1.807, 2.05) is 0 Å². The zero-order valence-electron chi connectivity index (χ0n) is 17.5. The van der Waals surface area contributed by atoms with E-state index >= 15 is 0 Å². The van der Waals surface area contributed by atoms with Crippen LogP contribution in [0.15, 0.2) is 52.3 Å². The number of aryl methyl sites for hydroxylation is 1. The number of sulfonamides is 2. The minimum absolute atomic E-state index is 0.0978. The molecule has 1 N–H and O–H groups in total. The van der Waals surface area contributed by atoms with Gasteiger partial charge < -0.3 is 10.1 Å². The second-order valence-electron chi connectivity index (χ2n) is 7.26. The summed E-state index contributed by atoms with van der Waals surface area (Å²) in [5, 5.41) is 2.66. The summed E-state index contributed by atoms with van der Waals surface area (Å²) >= 11 is 0. The largest absolute Gasteiger partial charge is 0.379 e. The Morgan fingerprint density at radius 2 is 1.61 bits per heavy atom. The molecule has 0 spiro atoms. The third-order valence-corrected chi connectivity index (χ3v) is 8.80. The molecule has 1 saturated heterocycles. The predicted octanol–water partition coefficient (Wildman–Crippen LogP) is 1.52. The van der Waals surface area contributed by atoms with E-state index in [0.717, 1.165) is 4.31 Å². The normalized spacial score (nSPS) is 15.7. The Balaban J connectivity index is 1.79. The Kier molecular flexibility index (Phi) is 6.82. The Hall–Kier alpha value is -2.31. The molecule has 2 aromatic carbocycles. The van der Waals surface area contributed by atoms with E-state index in [1.165, 1.54) is 48.7 Å². The first-order valence-electron chi connectivity index (χ1n) is 9.56. The first-order valence-corrected chi connectivity index (χ1v) is 12.4. The second kappa shape index (κ2) is 9.05. The average Bonchev–Trinajstić information content (AvgIpc) is 2.75. The van der Waals surface area contributed by atoms with Gasteiger partial charge in [0.1, 0.15) is 0 Å². The number of anilines is 1. The fourth-order valence-corrected chi connectivity index (χ4v) is 5.62. The van der Waals surface area contributed by atoms with Crippen LogP contribution in [0, 0.1) is 6.92 Å². The van der Waals surface area contributed by atoms with Crippen molar-refractivity contribution in [3.63, 3.8) is 0 Å². The molecule has 0 unspecified atom stereocenters. The van der Waals surface area contributed by atoms with Crippen molar-refractivity contribution < 1.29 is 26.4 Å². The molecule has 3 rings (SSSR count). The third-order valence-electron chi connectivity index (χ3n) is 4.93. The zero-order chi connectivity index (χ0) is 22.8. The quantitative estimate of drug-likeness (QED) is 0.689. The van der Waals surface area contributed by atoms with Crippen LogP contribution in [0.2, 0.25) is 0 Å². The number of nitrogens with one attached hydrogen (secondary N) is 1. The van der Waals surface area contributed by atoms with Gasteiger partial charge in [0.2, 0.25) is 20.0 Å². The van der Waals surface area contributed by atoms with Gasteiger partial charge in [-0.1, -0.05) is 6.07 Å². The highest BCUT2D eigenvalue weighted by Crippen LogP contribution is 2.23. The summed E-state index contributed by atoms with van der Waals surface area (Å²) < 4.78 is 58.0. The summed E-state index contributed by atoms with van der Waals surface area (Å²) in [6.07, 6.45) is 0. The van der Waals surface area contributed by atoms with Gasteiger partial charge in [0.05, 0.1) is 23.0 Å². The lowest BCUT2D eigenvalue weighted by Crippen LogP contribution is -2.40. The molecular formula is C20H25N3O6S2. The molecule has 1 amide bonds. The van der Waals surface area contributed by atoms with Crippen LogP contribution in [0.25, 0.3) is 0 Å². The molecule has 1 aliphatic rings. The van der Waals surface area contributed by atoms with Gasteiger partial charge in [-0.25, -0.2) is 21.1 Å². The average molecular weight is 468 g/mol. The topological polar surface area (TPSA) is 113 Å². The van der Waals surface area contributed by atoms with E-state index in [-0.39, 0.29) is 28.4 Å². The number of rotatable bonds is 6. The minimum atomic E-state index is -3.66. The van der Waals surface area contributed by atoms with E-state index in [0.29, 0.717) is 24.5 Å². The molecule has 1 aliphatic heterocycles. The van der Waals surface area contributed by atoms with E-state index in [4.69, 9.17) is 4.74 Å². The van der Waals surface area contributed by atoms with E-state index in [9.17, 15) is 21.6 Å². The van der Waals surface area contributed by atoms with Gasteiger partial charge in [0.15, 0.2) is 0 Å². The number of amides is 1. The molecule has 0 aliphatic carbocycles. The van der Waals surface area contributed by atoms with Crippen LogP contribution in [0.4, 0.5) is 5.69 Å². The van der Waals surface area contributed by atoms with Crippen LogP contribution in [-0.4, -0.2) is 71.8 Å². The molecule has 168 valence electrons. The van der Waals surface area contributed by atoms with Crippen LogP contribution < -0.4 is 5.32 Å². The lowest BCUT2D eigenvalue weighted by atomic mass is 10.2. The highest BCUT2D eigenvalue weighted by atomic mass is 32.2. The van der Waals surface area contributed by atoms with Crippen molar-refractivity contribution in [2.45, 2.75) is 16.7 Å². The van der Waals surface area contributed by atoms with Crippen LogP contribution in [0.1, 0.15) is 15.9 Å². The van der Waals surface area contributed by atoms with Gasteiger partial charge in [-0.3, -0.25) is 4.79 Å². The molecule has 9 nitrogen and oxygen atoms in total. The molecule has 31 heavy (non-hydrogen) atoms. The molecular weight excluding hydrogens is 442 g/mol. The predicted molar refractivity (Wildman–Crippen MR) is 116 cm³/mol. The number of nitrogens with zero attached hydrogens (tertiary/aromatic N) is 2.